The van der Waals surface area contributed by atoms with E-state index in [2.05, 4.69) is 6.07 Å². The van der Waals surface area contributed by atoms with Crippen LogP contribution in [0.3, 0.4) is 0 Å². The van der Waals surface area contributed by atoms with Crippen molar-refractivity contribution in [3.05, 3.63) is 64.2 Å². The van der Waals surface area contributed by atoms with Crippen molar-refractivity contribution in [2.24, 2.45) is 0 Å². The number of hydrogen-bond acceptors (Lipinski definition) is 2. The summed E-state index contributed by atoms with van der Waals surface area (Å²) in [5.74, 6) is 0.742. The molecule has 0 aliphatic carbocycles. The van der Waals surface area contributed by atoms with Gasteiger partial charge in [0, 0.05) is 10.6 Å². The van der Waals surface area contributed by atoms with E-state index >= 15 is 0 Å². The van der Waals surface area contributed by atoms with Gasteiger partial charge in [-0.3, -0.25) is 0 Å². The molecule has 2 aromatic rings. The van der Waals surface area contributed by atoms with Crippen LogP contribution >= 0.6 is 11.6 Å². The van der Waals surface area contributed by atoms with Crippen LogP contribution in [0.1, 0.15) is 16.7 Å². The molecular formula is C15H12ClNO. The molecule has 3 heteroatoms. The SMILES string of the molecule is Cc1cc(OCc2ccccc2Cl)ccc1C#N. The van der Waals surface area contributed by atoms with Crippen LogP contribution in [0.4, 0.5) is 0 Å². The molecular weight excluding hydrogens is 246 g/mol. The summed E-state index contributed by atoms with van der Waals surface area (Å²) >= 11 is 6.05. The molecule has 0 saturated heterocycles. The Labute approximate surface area is 111 Å². The quantitative estimate of drug-likeness (QED) is 0.829. The topological polar surface area (TPSA) is 33.0 Å². The molecule has 0 aliphatic rings. The third-order valence-electron chi connectivity index (χ3n) is 2.67. The lowest BCUT2D eigenvalue weighted by molar-refractivity contribution is 0.306. The smallest absolute Gasteiger partial charge is 0.120 e. The third-order valence-corrected chi connectivity index (χ3v) is 3.04. The molecule has 2 nitrogen and oxygen atoms in total. The Balaban J connectivity index is 2.10. The molecule has 0 atom stereocenters. The molecule has 0 aliphatic heterocycles. The summed E-state index contributed by atoms with van der Waals surface area (Å²) in [6.45, 7) is 2.31. The third kappa shape index (κ3) is 2.82. The van der Waals surface area contributed by atoms with Crippen molar-refractivity contribution in [3.63, 3.8) is 0 Å². The molecule has 0 radical (unpaired) electrons. The Kier molecular flexibility index (Phi) is 3.86. The van der Waals surface area contributed by atoms with Crippen molar-refractivity contribution in [1.29, 1.82) is 5.26 Å². The normalized spacial score (nSPS) is 9.83. The first-order chi connectivity index (χ1) is 8.70. The molecule has 0 heterocycles. The van der Waals surface area contributed by atoms with Crippen molar-refractivity contribution in [1.82, 2.24) is 0 Å². The van der Waals surface area contributed by atoms with Crippen LogP contribution < -0.4 is 4.74 Å². The molecule has 0 aromatic heterocycles. The maximum Gasteiger partial charge on any atom is 0.120 e. The summed E-state index contributed by atoms with van der Waals surface area (Å²) < 4.78 is 5.66. The Morgan fingerprint density at radius 1 is 1.22 bits per heavy atom. The Morgan fingerprint density at radius 2 is 2.00 bits per heavy atom. The van der Waals surface area contributed by atoms with E-state index in [1.165, 1.54) is 0 Å². The van der Waals surface area contributed by atoms with Crippen molar-refractivity contribution >= 4 is 11.6 Å². The highest BCUT2D eigenvalue weighted by Crippen LogP contribution is 2.20. The molecule has 0 saturated carbocycles. The summed E-state index contributed by atoms with van der Waals surface area (Å²) in [7, 11) is 0. The second-order valence-corrected chi connectivity index (χ2v) is 4.38. The van der Waals surface area contributed by atoms with E-state index in [0.717, 1.165) is 16.9 Å². The minimum absolute atomic E-state index is 0.422. The van der Waals surface area contributed by atoms with Crippen molar-refractivity contribution in [2.45, 2.75) is 13.5 Å². The van der Waals surface area contributed by atoms with Gasteiger partial charge >= 0.3 is 0 Å². The van der Waals surface area contributed by atoms with Crippen LogP contribution in [0.15, 0.2) is 42.5 Å². The zero-order chi connectivity index (χ0) is 13.0. The van der Waals surface area contributed by atoms with Crippen LogP contribution in [-0.4, -0.2) is 0 Å². The lowest BCUT2D eigenvalue weighted by Crippen LogP contribution is -1.96. The Morgan fingerprint density at radius 3 is 2.67 bits per heavy atom. The lowest BCUT2D eigenvalue weighted by atomic mass is 10.1. The molecule has 0 fully saturated rings. The number of benzene rings is 2. The van der Waals surface area contributed by atoms with Gasteiger partial charge < -0.3 is 4.74 Å². The minimum atomic E-state index is 0.422. The van der Waals surface area contributed by atoms with Gasteiger partial charge in [0.25, 0.3) is 0 Å². The molecule has 0 bridgehead atoms. The van der Waals surface area contributed by atoms with Gasteiger partial charge in [-0.1, -0.05) is 29.8 Å². The summed E-state index contributed by atoms with van der Waals surface area (Å²) in [6.07, 6.45) is 0. The zero-order valence-electron chi connectivity index (χ0n) is 9.98. The first-order valence-electron chi connectivity index (χ1n) is 5.57. The Bertz CT molecular complexity index is 602. The van der Waals surface area contributed by atoms with Gasteiger partial charge in [0.1, 0.15) is 12.4 Å². The fraction of sp³-hybridized carbons (Fsp3) is 0.133. The first kappa shape index (κ1) is 12.5. The summed E-state index contributed by atoms with van der Waals surface area (Å²) in [6, 6.07) is 15.1. The number of nitriles is 1. The van der Waals surface area contributed by atoms with E-state index in [4.69, 9.17) is 21.6 Å². The predicted molar refractivity (Wildman–Crippen MR) is 71.7 cm³/mol. The second-order valence-electron chi connectivity index (χ2n) is 3.97. The highest BCUT2D eigenvalue weighted by atomic mass is 35.5. The van der Waals surface area contributed by atoms with Crippen LogP contribution in [0, 0.1) is 18.3 Å². The molecule has 0 unspecified atom stereocenters. The standard InChI is InChI=1S/C15H12ClNO/c1-11-8-14(7-6-12(11)9-17)18-10-13-4-2-3-5-15(13)16/h2-8H,10H2,1H3. The van der Waals surface area contributed by atoms with Gasteiger partial charge in [-0.25, -0.2) is 0 Å². The van der Waals surface area contributed by atoms with Gasteiger partial charge in [-0.15, -0.1) is 0 Å². The van der Waals surface area contributed by atoms with Crippen LogP contribution in [0.2, 0.25) is 5.02 Å². The van der Waals surface area contributed by atoms with Crippen molar-refractivity contribution < 1.29 is 4.74 Å². The fourth-order valence-electron chi connectivity index (χ4n) is 1.63. The van der Waals surface area contributed by atoms with Gasteiger partial charge in [-0.2, -0.15) is 5.26 Å². The van der Waals surface area contributed by atoms with Gasteiger partial charge in [0.05, 0.1) is 11.6 Å². The number of nitrogens with zero attached hydrogens (tertiary/aromatic N) is 1. The second kappa shape index (κ2) is 5.57. The predicted octanol–water partition coefficient (Wildman–Crippen LogP) is 4.10. The summed E-state index contributed by atoms with van der Waals surface area (Å²) in [4.78, 5) is 0. The largest absolute Gasteiger partial charge is 0.489 e. The van der Waals surface area contributed by atoms with Crippen molar-refractivity contribution in [3.8, 4) is 11.8 Å². The van der Waals surface area contributed by atoms with Gasteiger partial charge in [0.15, 0.2) is 0 Å². The highest BCUT2D eigenvalue weighted by Gasteiger charge is 2.02. The molecule has 0 N–H and O–H groups in total. The van der Waals surface area contributed by atoms with E-state index in [1.54, 1.807) is 12.1 Å². The summed E-state index contributed by atoms with van der Waals surface area (Å²) in [5, 5.41) is 9.54. The van der Waals surface area contributed by atoms with E-state index in [0.29, 0.717) is 17.2 Å². The van der Waals surface area contributed by atoms with E-state index in [-0.39, 0.29) is 0 Å². The minimum Gasteiger partial charge on any atom is -0.489 e. The Hall–Kier alpha value is -1.98. The zero-order valence-corrected chi connectivity index (χ0v) is 10.7. The van der Waals surface area contributed by atoms with Crippen molar-refractivity contribution in [2.75, 3.05) is 0 Å². The number of hydrogen-bond donors (Lipinski definition) is 0. The average molecular weight is 258 g/mol. The molecule has 0 amide bonds. The van der Waals surface area contributed by atoms with Gasteiger partial charge in [-0.05, 0) is 36.8 Å². The monoisotopic (exact) mass is 257 g/mol. The summed E-state index contributed by atoms with van der Waals surface area (Å²) in [5.41, 5.74) is 2.52. The number of aryl methyl sites for hydroxylation is 1. The molecule has 2 aromatic carbocycles. The molecule has 2 rings (SSSR count). The average Bonchev–Trinajstić information content (AvgIpc) is 2.38. The highest BCUT2D eigenvalue weighted by molar-refractivity contribution is 6.31. The van der Waals surface area contributed by atoms with Gasteiger partial charge in [0.2, 0.25) is 0 Å². The van der Waals surface area contributed by atoms with Crippen LogP contribution in [0.25, 0.3) is 0 Å². The van der Waals surface area contributed by atoms with E-state index in [9.17, 15) is 0 Å². The van der Waals surface area contributed by atoms with E-state index < -0.39 is 0 Å². The number of halogens is 1. The van der Waals surface area contributed by atoms with E-state index in [1.807, 2.05) is 37.3 Å². The lowest BCUT2D eigenvalue weighted by Gasteiger charge is -2.08. The number of ether oxygens (including phenoxy) is 1. The first-order valence-corrected chi connectivity index (χ1v) is 5.95. The number of rotatable bonds is 3. The van der Waals surface area contributed by atoms with Crippen LogP contribution in [0.5, 0.6) is 5.75 Å². The maximum absolute atomic E-state index is 8.85. The van der Waals surface area contributed by atoms with Crippen LogP contribution in [-0.2, 0) is 6.61 Å². The molecule has 90 valence electrons. The molecule has 0 spiro atoms. The maximum atomic E-state index is 8.85. The molecule has 18 heavy (non-hydrogen) atoms. The fourth-order valence-corrected chi connectivity index (χ4v) is 1.82.